The van der Waals surface area contributed by atoms with Crippen molar-refractivity contribution in [2.24, 2.45) is 0 Å². The van der Waals surface area contributed by atoms with E-state index in [0.29, 0.717) is 31.7 Å². The number of hydrogen-bond acceptors (Lipinski definition) is 7. The Kier molecular flexibility index (Phi) is 7.66. The Labute approximate surface area is 206 Å². The summed E-state index contributed by atoms with van der Waals surface area (Å²) < 4.78 is 25.0. The van der Waals surface area contributed by atoms with Gasteiger partial charge < -0.3 is 24.3 Å². The lowest BCUT2D eigenvalue weighted by Gasteiger charge is -2.29. The molecule has 2 N–H and O–H groups in total. The smallest absolute Gasteiger partial charge is 0.300 e. The number of phenolic OH excluding ortho intramolecular Hbond substituents is 1. The van der Waals surface area contributed by atoms with Crippen LogP contribution in [0.3, 0.4) is 0 Å². The second-order valence-electron chi connectivity index (χ2n) is 8.64. The first kappa shape index (κ1) is 25.3. The molecule has 3 aromatic rings. The molecule has 9 nitrogen and oxygen atoms in total. The number of aromatic hydroxyl groups is 1. The molecule has 1 unspecified atom stereocenters. The van der Waals surface area contributed by atoms with Crippen LogP contribution in [0, 0.1) is 5.82 Å². The van der Waals surface area contributed by atoms with Crippen molar-refractivity contribution in [2.75, 3.05) is 39.4 Å². The van der Waals surface area contributed by atoms with Crippen LogP contribution in [0.2, 0.25) is 0 Å². The molecule has 1 fully saturated rings. The lowest BCUT2D eigenvalue weighted by molar-refractivity contribution is -0.134. The van der Waals surface area contributed by atoms with Crippen LogP contribution in [0.25, 0.3) is 11.0 Å². The van der Waals surface area contributed by atoms with Crippen LogP contribution >= 0.6 is 0 Å². The number of phenols is 1. The molecule has 5 rings (SSSR count). The number of carbonyl (C=O) groups is 2. The van der Waals surface area contributed by atoms with Crippen LogP contribution in [0.1, 0.15) is 41.1 Å². The lowest BCUT2D eigenvalue weighted by Crippen LogP contribution is -2.38. The molecule has 2 aromatic carbocycles. The summed E-state index contributed by atoms with van der Waals surface area (Å²) in [6, 6.07) is 9.48. The maximum atomic E-state index is 13.8. The minimum Gasteiger partial charge on any atom is -0.508 e. The highest BCUT2D eigenvalue weighted by Crippen LogP contribution is 2.39. The van der Waals surface area contributed by atoms with E-state index in [1.165, 1.54) is 24.3 Å². The first-order valence-corrected chi connectivity index (χ1v) is 11.6. The topological polar surface area (TPSA) is 121 Å². The Balaban J connectivity index is 0.000000709. The second-order valence-corrected chi connectivity index (χ2v) is 8.64. The van der Waals surface area contributed by atoms with Crippen LogP contribution < -0.4 is 5.43 Å². The largest absolute Gasteiger partial charge is 0.508 e. The average Bonchev–Trinajstić information content (AvgIpc) is 3.12. The Morgan fingerprint density at radius 3 is 2.53 bits per heavy atom. The van der Waals surface area contributed by atoms with E-state index >= 15 is 0 Å². The number of carboxylic acid groups (broad SMARTS) is 1. The number of benzene rings is 2. The van der Waals surface area contributed by atoms with Gasteiger partial charge in [0.15, 0.2) is 5.43 Å². The van der Waals surface area contributed by atoms with Gasteiger partial charge in [-0.1, -0.05) is 12.1 Å². The molecule has 1 atom stereocenters. The fourth-order valence-electron chi connectivity index (χ4n) is 4.55. The second kappa shape index (κ2) is 10.9. The summed E-state index contributed by atoms with van der Waals surface area (Å²) in [4.78, 5) is 39.6. The molecular weight excluding hydrogens is 471 g/mol. The number of carboxylic acids is 1. The maximum absolute atomic E-state index is 13.8. The van der Waals surface area contributed by atoms with Gasteiger partial charge in [0, 0.05) is 33.1 Å². The molecule has 1 saturated heterocycles. The van der Waals surface area contributed by atoms with E-state index in [9.17, 15) is 19.1 Å². The number of amides is 1. The van der Waals surface area contributed by atoms with Crippen LogP contribution in [-0.4, -0.2) is 71.3 Å². The zero-order valence-corrected chi connectivity index (χ0v) is 19.8. The molecule has 3 heterocycles. The minimum atomic E-state index is -0.833. The zero-order chi connectivity index (χ0) is 25.8. The van der Waals surface area contributed by atoms with Crippen molar-refractivity contribution in [1.82, 2.24) is 9.80 Å². The van der Waals surface area contributed by atoms with Gasteiger partial charge in [0.1, 0.15) is 17.1 Å². The van der Waals surface area contributed by atoms with E-state index in [-0.39, 0.29) is 33.9 Å². The monoisotopic (exact) mass is 498 g/mol. The van der Waals surface area contributed by atoms with E-state index in [2.05, 4.69) is 4.90 Å². The summed E-state index contributed by atoms with van der Waals surface area (Å²) in [5.74, 6) is -1.74. The lowest BCUT2D eigenvalue weighted by atomic mass is 9.98. The summed E-state index contributed by atoms with van der Waals surface area (Å²) >= 11 is 0. The van der Waals surface area contributed by atoms with Gasteiger partial charge in [-0.3, -0.25) is 19.3 Å². The van der Waals surface area contributed by atoms with E-state index in [0.717, 1.165) is 32.6 Å². The van der Waals surface area contributed by atoms with Crippen molar-refractivity contribution in [3.05, 3.63) is 75.4 Å². The maximum Gasteiger partial charge on any atom is 0.300 e. The van der Waals surface area contributed by atoms with Crippen LogP contribution in [0.5, 0.6) is 5.75 Å². The SMILES string of the molecule is CC(=O)O.O=C1c2oc3ccc(F)cc3c(=O)c2C(c2cccc(O)c2)N1CCCN1CCOCC1. The molecule has 1 aromatic heterocycles. The third kappa shape index (κ3) is 5.39. The van der Waals surface area contributed by atoms with Crippen molar-refractivity contribution in [1.29, 1.82) is 0 Å². The Hall–Kier alpha value is -3.76. The molecule has 36 heavy (non-hydrogen) atoms. The van der Waals surface area contributed by atoms with Crippen molar-refractivity contribution in [3.63, 3.8) is 0 Å². The number of morpholine rings is 1. The molecule has 0 spiro atoms. The Morgan fingerprint density at radius 1 is 1.11 bits per heavy atom. The predicted octanol–water partition coefficient (Wildman–Crippen LogP) is 3.00. The van der Waals surface area contributed by atoms with Gasteiger partial charge in [-0.05, 0) is 42.3 Å². The number of rotatable bonds is 5. The molecule has 2 aliphatic heterocycles. The predicted molar refractivity (Wildman–Crippen MR) is 129 cm³/mol. The number of hydrogen-bond donors (Lipinski definition) is 2. The fraction of sp³-hybridized carbons (Fsp3) is 0.346. The first-order chi connectivity index (χ1) is 17.3. The standard InChI is InChI=1S/C24H23FN2O5.C2H4O2/c25-16-5-6-19-18(14-16)22(29)20-21(15-3-1-4-17(28)13-15)27(24(30)23(20)32-19)8-2-7-26-9-11-31-12-10-26;1-2(3)4/h1,3-6,13-14,21,28H,2,7-12H2;1H3,(H,3,4). The van der Waals surface area contributed by atoms with E-state index < -0.39 is 23.3 Å². The van der Waals surface area contributed by atoms with Gasteiger partial charge in [-0.15, -0.1) is 0 Å². The number of halogens is 1. The number of carbonyl (C=O) groups excluding carboxylic acids is 1. The molecule has 0 saturated carbocycles. The quantitative estimate of drug-likeness (QED) is 0.551. The summed E-state index contributed by atoms with van der Waals surface area (Å²) in [6.45, 7) is 5.38. The van der Waals surface area contributed by atoms with Gasteiger partial charge in [0.25, 0.3) is 11.9 Å². The molecule has 0 radical (unpaired) electrons. The highest BCUT2D eigenvalue weighted by molar-refractivity contribution is 5.99. The third-order valence-electron chi connectivity index (χ3n) is 6.09. The minimum absolute atomic E-state index is 0.0196. The highest BCUT2D eigenvalue weighted by Gasteiger charge is 2.42. The summed E-state index contributed by atoms with van der Waals surface area (Å²) in [5.41, 5.74) is 0.531. The number of ether oxygens (including phenoxy) is 1. The summed E-state index contributed by atoms with van der Waals surface area (Å²) in [5, 5.41) is 17.5. The summed E-state index contributed by atoms with van der Waals surface area (Å²) in [6.07, 6.45) is 0.706. The molecule has 2 aliphatic rings. The number of aliphatic carboxylic acids is 1. The molecule has 10 heteroatoms. The fourth-order valence-corrected chi connectivity index (χ4v) is 4.55. The van der Waals surface area contributed by atoms with Crippen molar-refractivity contribution >= 4 is 22.8 Å². The normalized spacial score (nSPS) is 17.6. The number of nitrogens with zero attached hydrogens (tertiary/aromatic N) is 2. The van der Waals surface area contributed by atoms with Crippen molar-refractivity contribution in [2.45, 2.75) is 19.4 Å². The summed E-state index contributed by atoms with van der Waals surface area (Å²) in [7, 11) is 0. The van der Waals surface area contributed by atoms with Crippen LogP contribution in [-0.2, 0) is 9.53 Å². The van der Waals surface area contributed by atoms with Gasteiger partial charge >= 0.3 is 0 Å². The van der Waals surface area contributed by atoms with Crippen molar-refractivity contribution in [3.8, 4) is 5.75 Å². The van der Waals surface area contributed by atoms with Crippen LogP contribution in [0.4, 0.5) is 4.39 Å². The molecule has 1 amide bonds. The van der Waals surface area contributed by atoms with Gasteiger partial charge in [-0.25, -0.2) is 4.39 Å². The van der Waals surface area contributed by atoms with Crippen LogP contribution in [0.15, 0.2) is 51.7 Å². The van der Waals surface area contributed by atoms with E-state index in [1.807, 2.05) is 0 Å². The number of fused-ring (bicyclic) bond motifs is 2. The molecule has 0 aliphatic carbocycles. The molecule has 0 bridgehead atoms. The average molecular weight is 499 g/mol. The third-order valence-corrected chi connectivity index (χ3v) is 6.09. The van der Waals surface area contributed by atoms with Gasteiger partial charge in [0.05, 0.1) is 30.2 Å². The van der Waals surface area contributed by atoms with E-state index in [4.69, 9.17) is 19.1 Å². The Bertz CT molecular complexity index is 1330. The molecule has 190 valence electrons. The highest BCUT2D eigenvalue weighted by atomic mass is 19.1. The first-order valence-electron chi connectivity index (χ1n) is 11.6. The zero-order valence-electron chi connectivity index (χ0n) is 19.8. The van der Waals surface area contributed by atoms with Crippen molar-refractivity contribution < 1.29 is 33.3 Å². The van der Waals surface area contributed by atoms with E-state index in [1.54, 1.807) is 17.0 Å². The Morgan fingerprint density at radius 2 is 1.83 bits per heavy atom. The van der Waals surface area contributed by atoms with Gasteiger partial charge in [0.2, 0.25) is 5.76 Å². The molecular formula is C26H27FN2O7. The van der Waals surface area contributed by atoms with Gasteiger partial charge in [-0.2, -0.15) is 0 Å².